The van der Waals surface area contributed by atoms with Crippen molar-refractivity contribution in [2.24, 2.45) is 10.4 Å². The van der Waals surface area contributed by atoms with E-state index in [1.807, 2.05) is 25.7 Å². The molecule has 1 amide bonds. The minimum atomic E-state index is -0.492. The zero-order valence-electron chi connectivity index (χ0n) is 18.3. The number of rotatable bonds is 6. The van der Waals surface area contributed by atoms with Crippen molar-refractivity contribution in [1.29, 1.82) is 0 Å². The molecule has 2 saturated heterocycles. The summed E-state index contributed by atoms with van der Waals surface area (Å²) in [6.45, 7) is 9.28. The average Bonchev–Trinajstić information content (AvgIpc) is 3.10. The number of amides is 1. The molecule has 2 atom stereocenters. The van der Waals surface area contributed by atoms with Crippen molar-refractivity contribution in [2.45, 2.75) is 64.5 Å². The number of aliphatic hydroxyl groups excluding tert-OH is 1. The van der Waals surface area contributed by atoms with Crippen molar-refractivity contribution in [3.63, 3.8) is 0 Å². The lowest BCUT2D eigenvalue weighted by Crippen LogP contribution is -2.53. The first-order valence-electron chi connectivity index (χ1n) is 10.4. The molecule has 8 nitrogen and oxygen atoms in total. The second kappa shape index (κ2) is 12.1. The number of nitrogens with zero attached hydrogens (tertiary/aromatic N) is 2. The van der Waals surface area contributed by atoms with E-state index >= 15 is 0 Å². The Kier molecular flexibility index (Phi) is 11.0. The van der Waals surface area contributed by atoms with Gasteiger partial charge in [-0.1, -0.05) is 0 Å². The first-order valence-corrected chi connectivity index (χ1v) is 10.4. The lowest BCUT2D eigenvalue weighted by atomic mass is 9.84. The molecule has 2 unspecified atom stereocenters. The fraction of sp³-hybridized carbons (Fsp3) is 0.900. The van der Waals surface area contributed by atoms with Gasteiger partial charge in [0.05, 0.1) is 12.6 Å². The van der Waals surface area contributed by atoms with E-state index in [-0.39, 0.29) is 48.1 Å². The number of guanidine groups is 1. The van der Waals surface area contributed by atoms with Gasteiger partial charge < -0.3 is 30.1 Å². The molecule has 29 heavy (non-hydrogen) atoms. The number of carbonyl (C=O) groups is 1. The molecule has 0 bridgehead atoms. The van der Waals surface area contributed by atoms with Gasteiger partial charge in [0.25, 0.3) is 0 Å². The SMILES string of the molecule is CN=C(NCC1CCCCN1C(=O)OC(C)(C)C)NCC1(CCO)CCOC1.I. The van der Waals surface area contributed by atoms with Gasteiger partial charge in [-0.25, -0.2) is 4.79 Å². The number of hydrogen-bond acceptors (Lipinski definition) is 5. The lowest BCUT2D eigenvalue weighted by molar-refractivity contribution is 0.0104. The number of ether oxygens (including phenoxy) is 2. The third kappa shape index (κ3) is 8.45. The molecule has 0 aromatic rings. The monoisotopic (exact) mass is 526 g/mol. The normalized spacial score (nSPS) is 25.3. The predicted octanol–water partition coefficient (Wildman–Crippen LogP) is 2.35. The number of aliphatic hydroxyl groups is 1. The highest BCUT2D eigenvalue weighted by Gasteiger charge is 2.35. The van der Waals surface area contributed by atoms with Crippen LogP contribution < -0.4 is 10.6 Å². The van der Waals surface area contributed by atoms with Crippen LogP contribution in [0.4, 0.5) is 4.79 Å². The summed E-state index contributed by atoms with van der Waals surface area (Å²) in [4.78, 5) is 18.7. The summed E-state index contributed by atoms with van der Waals surface area (Å²) < 4.78 is 11.1. The molecule has 0 saturated carbocycles. The molecule has 2 aliphatic heterocycles. The van der Waals surface area contributed by atoms with E-state index < -0.39 is 5.60 Å². The average molecular weight is 526 g/mol. The third-order valence-electron chi connectivity index (χ3n) is 5.44. The van der Waals surface area contributed by atoms with Crippen molar-refractivity contribution in [3.05, 3.63) is 0 Å². The predicted molar refractivity (Wildman–Crippen MR) is 125 cm³/mol. The Morgan fingerprint density at radius 2 is 2.10 bits per heavy atom. The molecule has 3 N–H and O–H groups in total. The highest BCUT2D eigenvalue weighted by Crippen LogP contribution is 2.31. The van der Waals surface area contributed by atoms with Gasteiger partial charge in [-0.05, 0) is 52.9 Å². The van der Waals surface area contributed by atoms with E-state index in [0.717, 1.165) is 38.8 Å². The molecule has 2 fully saturated rings. The van der Waals surface area contributed by atoms with E-state index in [1.54, 1.807) is 7.05 Å². The molecule has 0 aromatic heterocycles. The largest absolute Gasteiger partial charge is 0.444 e. The summed E-state index contributed by atoms with van der Waals surface area (Å²) in [7, 11) is 1.74. The minimum absolute atomic E-state index is 0. The molecule has 9 heteroatoms. The van der Waals surface area contributed by atoms with Gasteiger partial charge in [0.2, 0.25) is 0 Å². The summed E-state index contributed by atoms with van der Waals surface area (Å²) in [5, 5.41) is 16.1. The van der Waals surface area contributed by atoms with Gasteiger partial charge in [-0.3, -0.25) is 4.99 Å². The van der Waals surface area contributed by atoms with Crippen molar-refractivity contribution < 1.29 is 19.4 Å². The van der Waals surface area contributed by atoms with Crippen LogP contribution in [0, 0.1) is 5.41 Å². The van der Waals surface area contributed by atoms with Crippen LogP contribution in [0.1, 0.15) is 52.9 Å². The van der Waals surface area contributed by atoms with Gasteiger partial charge >= 0.3 is 6.09 Å². The van der Waals surface area contributed by atoms with Gasteiger partial charge in [-0.2, -0.15) is 0 Å². The fourth-order valence-corrected chi connectivity index (χ4v) is 3.79. The number of piperidine rings is 1. The van der Waals surface area contributed by atoms with Crippen LogP contribution >= 0.6 is 24.0 Å². The van der Waals surface area contributed by atoms with Crippen molar-refractivity contribution in [1.82, 2.24) is 15.5 Å². The minimum Gasteiger partial charge on any atom is -0.444 e. The number of carbonyl (C=O) groups excluding carboxylic acids is 1. The van der Waals surface area contributed by atoms with Gasteiger partial charge in [0, 0.05) is 45.3 Å². The van der Waals surface area contributed by atoms with Crippen LogP contribution in [0.5, 0.6) is 0 Å². The molecule has 170 valence electrons. The maximum atomic E-state index is 12.5. The molecule has 2 heterocycles. The third-order valence-corrected chi connectivity index (χ3v) is 5.44. The Morgan fingerprint density at radius 3 is 2.69 bits per heavy atom. The molecule has 0 spiro atoms. The van der Waals surface area contributed by atoms with Crippen LogP contribution in [-0.2, 0) is 9.47 Å². The van der Waals surface area contributed by atoms with E-state index in [9.17, 15) is 9.90 Å². The van der Waals surface area contributed by atoms with Crippen molar-refractivity contribution >= 4 is 36.0 Å². The maximum Gasteiger partial charge on any atom is 0.410 e. The summed E-state index contributed by atoms with van der Waals surface area (Å²) in [5.41, 5.74) is -0.533. The number of hydrogen-bond donors (Lipinski definition) is 3. The Hall–Kier alpha value is -0.810. The van der Waals surface area contributed by atoms with Crippen LogP contribution in [0.2, 0.25) is 0 Å². The van der Waals surface area contributed by atoms with Gasteiger partial charge in [0.1, 0.15) is 5.60 Å². The molecular formula is C20H39IN4O4. The first-order chi connectivity index (χ1) is 13.3. The van der Waals surface area contributed by atoms with Crippen molar-refractivity contribution in [3.8, 4) is 0 Å². The van der Waals surface area contributed by atoms with Crippen LogP contribution in [0.15, 0.2) is 4.99 Å². The Balaban J connectivity index is 0.00000420. The second-order valence-electron chi connectivity index (χ2n) is 8.91. The first kappa shape index (κ1) is 26.2. The zero-order valence-corrected chi connectivity index (χ0v) is 20.7. The van der Waals surface area contributed by atoms with Gasteiger partial charge in [0.15, 0.2) is 5.96 Å². The Morgan fingerprint density at radius 1 is 1.34 bits per heavy atom. The number of likely N-dealkylation sites (tertiary alicyclic amines) is 1. The molecule has 2 aliphatic rings. The molecule has 0 aliphatic carbocycles. The van der Waals surface area contributed by atoms with E-state index in [2.05, 4.69) is 15.6 Å². The summed E-state index contributed by atoms with van der Waals surface area (Å²) in [5.74, 6) is 0.707. The topological polar surface area (TPSA) is 95.4 Å². The quantitative estimate of drug-likeness (QED) is 0.280. The maximum absolute atomic E-state index is 12.5. The zero-order chi connectivity index (χ0) is 20.6. The smallest absolute Gasteiger partial charge is 0.410 e. The molecular weight excluding hydrogens is 487 g/mol. The van der Waals surface area contributed by atoms with E-state index in [0.29, 0.717) is 32.1 Å². The van der Waals surface area contributed by atoms with Crippen LogP contribution in [0.25, 0.3) is 0 Å². The Labute approximate surface area is 192 Å². The summed E-state index contributed by atoms with van der Waals surface area (Å²) >= 11 is 0. The Bertz CT molecular complexity index is 533. The van der Waals surface area contributed by atoms with Gasteiger partial charge in [-0.15, -0.1) is 24.0 Å². The number of nitrogens with one attached hydrogen (secondary N) is 2. The number of aliphatic imine (C=N–C) groups is 1. The van der Waals surface area contributed by atoms with Crippen LogP contribution in [-0.4, -0.2) is 80.2 Å². The lowest BCUT2D eigenvalue weighted by Gasteiger charge is -2.37. The summed E-state index contributed by atoms with van der Waals surface area (Å²) in [6.07, 6.45) is 4.47. The highest BCUT2D eigenvalue weighted by atomic mass is 127. The summed E-state index contributed by atoms with van der Waals surface area (Å²) in [6, 6.07) is 0.0864. The van der Waals surface area contributed by atoms with E-state index in [1.165, 1.54) is 0 Å². The number of halogens is 1. The molecule has 2 rings (SSSR count). The van der Waals surface area contributed by atoms with Crippen molar-refractivity contribution in [2.75, 3.05) is 46.5 Å². The van der Waals surface area contributed by atoms with Crippen LogP contribution in [0.3, 0.4) is 0 Å². The van der Waals surface area contributed by atoms with E-state index in [4.69, 9.17) is 9.47 Å². The fourth-order valence-electron chi connectivity index (χ4n) is 3.79. The standard InChI is InChI=1S/C20H38N4O4.HI/c1-19(2,3)28-18(26)24-10-6-5-7-16(24)13-22-17(21-4)23-14-20(8-11-25)9-12-27-15-20;/h16,25H,5-15H2,1-4H3,(H2,21,22,23);1H. The second-order valence-corrected chi connectivity index (χ2v) is 8.91. The molecule has 0 radical (unpaired) electrons. The highest BCUT2D eigenvalue weighted by molar-refractivity contribution is 14.0. The molecule has 0 aromatic carbocycles.